The van der Waals surface area contributed by atoms with Gasteiger partial charge in [0.05, 0.1) is 109 Å². The molecule has 13 rings (SSSR count). The largest absolute Gasteiger partial charge is 0.490 e. The van der Waals surface area contributed by atoms with Gasteiger partial charge in [-0.05, 0) is 129 Å². The van der Waals surface area contributed by atoms with E-state index in [2.05, 4.69) is 129 Å². The van der Waals surface area contributed by atoms with E-state index in [-0.39, 0.29) is 51.0 Å². The van der Waals surface area contributed by atoms with Crippen molar-refractivity contribution in [3.05, 3.63) is 160 Å². The predicted molar refractivity (Wildman–Crippen MR) is 346 cm³/mol. The van der Waals surface area contributed by atoms with Crippen LogP contribution in [-0.2, 0) is 18.8 Å². The van der Waals surface area contributed by atoms with Gasteiger partial charge in [0.25, 0.3) is 0 Å². The number of morpholine rings is 2. The molecule has 0 atom stereocenters. The Morgan fingerprint density at radius 1 is 0.557 bits per heavy atom. The van der Waals surface area contributed by atoms with Crippen LogP contribution < -0.4 is 20.4 Å². The average molecular weight is 1260 g/mol. The zero-order chi connectivity index (χ0) is 62.3. The zero-order valence-electron chi connectivity index (χ0n) is 51.6. The van der Waals surface area contributed by atoms with Crippen LogP contribution in [0.4, 0.5) is 51.9 Å². The van der Waals surface area contributed by atoms with Crippen molar-refractivity contribution in [1.82, 2.24) is 29.9 Å². The number of aromatic nitrogens is 6. The molecule has 6 aromatic heterocycles. The van der Waals surface area contributed by atoms with Crippen molar-refractivity contribution in [3.63, 3.8) is 0 Å². The number of nitrogens with zero attached hydrogens (tertiary/aromatic N) is 8. The fraction of sp³-hybridized carbons (Fsp3) is 0.382. The molecule has 8 aromatic rings. The average Bonchev–Trinajstić information content (AvgIpc) is 1.12. The van der Waals surface area contributed by atoms with Gasteiger partial charge in [0.15, 0.2) is 0 Å². The second kappa shape index (κ2) is 25.3. The van der Waals surface area contributed by atoms with Gasteiger partial charge in [0.1, 0.15) is 34.9 Å². The number of benzene rings is 2. The number of hydrogen-bond donors (Lipinski definition) is 2. The summed E-state index contributed by atoms with van der Waals surface area (Å²) in [6, 6.07) is 19.2. The van der Waals surface area contributed by atoms with Crippen LogP contribution >= 0.6 is 15.9 Å². The standard InChI is InChI=1S/C31H31F2N5O.C24H20BrF2N5O.C13H23BO2/c1-19-29(24-8-4-5-10-34-24)37-26-16-20(32)15-23(33)28(26)30(19)36-25-17-27(38-11-13-39-14-12-38)35-18-21(25)22-7-6-9-31(22,2)3;1-14-23(18-4-2-3-5-28-18)31-20-11-15(26)10-17(27)22(20)24(14)30-19-12-21(29-13-16(19)25)32-6-8-33-9-7-32;1-11(2)9-7-8-10(11)14-15-12(3,4)13(5,6)16-14/h4-5,7-8,10,15-18H,6,9,11-14H2,1-3H3,(H,35,36,37);2-5,10-13H,6-9H2,1H3,(H,29,30,31);8H,7,9H2,1-6H3. The third-order valence-electron chi connectivity index (χ3n) is 17.8. The minimum atomic E-state index is -0.686. The molecular formula is C68H74BBrF4N10O4. The Labute approximate surface area is 520 Å². The maximum Gasteiger partial charge on any atom is 0.490 e. The molecule has 5 aliphatic rings. The van der Waals surface area contributed by atoms with Gasteiger partial charge in [0, 0.05) is 104 Å². The Balaban J connectivity index is 0.000000148. The fourth-order valence-electron chi connectivity index (χ4n) is 12.0. The second-order valence-electron chi connectivity index (χ2n) is 25.2. The van der Waals surface area contributed by atoms with E-state index in [9.17, 15) is 8.78 Å². The number of allylic oxidation sites excluding steroid dienone is 4. The van der Waals surface area contributed by atoms with Crippen LogP contribution in [0.2, 0.25) is 0 Å². The van der Waals surface area contributed by atoms with E-state index in [0.717, 1.165) is 86.0 Å². The van der Waals surface area contributed by atoms with Crippen LogP contribution in [0.15, 0.2) is 120 Å². The molecule has 458 valence electrons. The van der Waals surface area contributed by atoms with Crippen molar-refractivity contribution < 1.29 is 36.3 Å². The molecule has 14 nitrogen and oxygen atoms in total. The lowest BCUT2D eigenvalue weighted by Crippen LogP contribution is -2.41. The number of nitrogens with one attached hydrogen (secondary N) is 2. The molecule has 2 aliphatic carbocycles. The van der Waals surface area contributed by atoms with Crippen molar-refractivity contribution in [2.24, 2.45) is 10.8 Å². The topological polar surface area (TPSA) is 145 Å². The molecule has 0 amide bonds. The lowest BCUT2D eigenvalue weighted by atomic mass is 9.65. The minimum absolute atomic E-state index is 0.0263. The van der Waals surface area contributed by atoms with Gasteiger partial charge in [-0.3, -0.25) is 9.97 Å². The molecule has 2 aromatic carbocycles. The Bertz CT molecular complexity index is 3960. The van der Waals surface area contributed by atoms with E-state index < -0.39 is 23.3 Å². The minimum Gasteiger partial charge on any atom is -0.400 e. The molecule has 0 saturated carbocycles. The normalized spacial score (nSPS) is 18.3. The van der Waals surface area contributed by atoms with Gasteiger partial charge < -0.3 is 39.2 Å². The predicted octanol–water partition coefficient (Wildman–Crippen LogP) is 16.0. The SMILES string of the molecule is CC1(C)CCC=C1B1OC(C)(C)C(C)(C)O1.Cc1c(-c2ccccn2)nc2cc(F)cc(F)c2c1Nc1cc(N2CCOCC2)ncc1Br.Cc1c(-c2ccccn2)nc2cc(F)cc(F)c2c1Nc1cc(N2CCOCC2)ncc1C1=CCCC1(C)C. The number of ether oxygens (including phenoxy) is 2. The van der Waals surface area contributed by atoms with E-state index >= 15 is 8.78 Å². The maximum atomic E-state index is 15.4. The Morgan fingerprint density at radius 2 is 1.02 bits per heavy atom. The van der Waals surface area contributed by atoms with Gasteiger partial charge in [-0.15, -0.1) is 0 Å². The molecule has 0 spiro atoms. The molecule has 0 radical (unpaired) electrons. The molecule has 20 heteroatoms. The van der Waals surface area contributed by atoms with Crippen LogP contribution in [0.25, 0.3) is 50.2 Å². The van der Waals surface area contributed by atoms with Crippen LogP contribution in [0, 0.1) is 47.9 Å². The van der Waals surface area contributed by atoms with Gasteiger partial charge in [-0.1, -0.05) is 52.0 Å². The number of pyridine rings is 6. The van der Waals surface area contributed by atoms with Crippen molar-refractivity contribution in [3.8, 4) is 22.8 Å². The first-order valence-corrected chi connectivity index (χ1v) is 30.8. The third-order valence-corrected chi connectivity index (χ3v) is 18.4. The van der Waals surface area contributed by atoms with E-state index in [1.807, 2.05) is 62.5 Å². The van der Waals surface area contributed by atoms with E-state index in [1.54, 1.807) is 24.7 Å². The molecular weight excluding hydrogens is 1190 g/mol. The first kappa shape index (κ1) is 62.3. The molecule has 3 aliphatic heterocycles. The monoisotopic (exact) mass is 1260 g/mol. The first-order valence-electron chi connectivity index (χ1n) is 30.0. The zero-order valence-corrected chi connectivity index (χ0v) is 53.1. The summed E-state index contributed by atoms with van der Waals surface area (Å²) in [5.74, 6) is -1.10. The Hall–Kier alpha value is -7.36. The van der Waals surface area contributed by atoms with E-state index in [1.165, 1.54) is 29.6 Å². The summed E-state index contributed by atoms with van der Waals surface area (Å²) in [5, 5.41) is 7.39. The maximum absolute atomic E-state index is 15.4. The Morgan fingerprint density at radius 3 is 1.48 bits per heavy atom. The van der Waals surface area contributed by atoms with E-state index in [4.69, 9.17) is 23.8 Å². The molecule has 0 unspecified atom stereocenters. The smallest absolute Gasteiger partial charge is 0.400 e. The highest BCUT2D eigenvalue weighted by molar-refractivity contribution is 9.10. The van der Waals surface area contributed by atoms with Gasteiger partial charge in [-0.2, -0.15) is 0 Å². The quantitative estimate of drug-likeness (QED) is 0.0989. The number of fused-ring (bicyclic) bond motifs is 2. The highest BCUT2D eigenvalue weighted by atomic mass is 79.9. The molecule has 2 N–H and O–H groups in total. The molecule has 0 bridgehead atoms. The van der Waals surface area contributed by atoms with Crippen molar-refractivity contribution >= 4 is 84.8 Å². The van der Waals surface area contributed by atoms with Crippen molar-refractivity contribution in [2.75, 3.05) is 73.0 Å². The number of anilines is 6. The lowest BCUT2D eigenvalue weighted by molar-refractivity contribution is 0.00578. The Kier molecular flexibility index (Phi) is 17.9. The highest BCUT2D eigenvalue weighted by Crippen LogP contribution is 2.49. The molecule has 9 heterocycles. The van der Waals surface area contributed by atoms with Crippen LogP contribution in [0.3, 0.4) is 0 Å². The van der Waals surface area contributed by atoms with Crippen LogP contribution in [-0.4, -0.2) is 101 Å². The summed E-state index contributed by atoms with van der Waals surface area (Å²) in [5.41, 5.74) is 10.0. The molecule has 88 heavy (non-hydrogen) atoms. The number of halogens is 5. The molecule has 3 fully saturated rings. The number of rotatable bonds is 10. The van der Waals surface area contributed by atoms with Gasteiger partial charge >= 0.3 is 7.12 Å². The number of hydrogen-bond acceptors (Lipinski definition) is 14. The van der Waals surface area contributed by atoms with Crippen molar-refractivity contribution in [1.29, 1.82) is 0 Å². The first-order chi connectivity index (χ1) is 42.0. The fourth-order valence-corrected chi connectivity index (χ4v) is 12.3. The van der Waals surface area contributed by atoms with Crippen LogP contribution in [0.1, 0.15) is 97.8 Å². The molecule has 3 saturated heterocycles. The summed E-state index contributed by atoms with van der Waals surface area (Å²) in [7, 11) is -0.150. The van der Waals surface area contributed by atoms with Crippen molar-refractivity contribution in [2.45, 2.75) is 106 Å². The third kappa shape index (κ3) is 12.9. The summed E-state index contributed by atoms with van der Waals surface area (Å²) in [4.78, 5) is 31.7. The van der Waals surface area contributed by atoms with E-state index in [0.29, 0.717) is 76.3 Å². The summed E-state index contributed by atoms with van der Waals surface area (Å²) in [6.45, 7) is 26.7. The summed E-state index contributed by atoms with van der Waals surface area (Å²) < 4.78 is 82.7. The second-order valence-corrected chi connectivity index (χ2v) is 26.0. The lowest BCUT2D eigenvalue weighted by Gasteiger charge is -2.32. The summed E-state index contributed by atoms with van der Waals surface area (Å²) in [6.07, 6.45) is 15.9. The van der Waals surface area contributed by atoms with Gasteiger partial charge in [-0.25, -0.2) is 37.5 Å². The summed E-state index contributed by atoms with van der Waals surface area (Å²) >= 11 is 3.54. The highest BCUT2D eigenvalue weighted by Gasteiger charge is 2.55. The van der Waals surface area contributed by atoms with Gasteiger partial charge in [0.2, 0.25) is 0 Å². The van der Waals surface area contributed by atoms with Crippen LogP contribution in [0.5, 0.6) is 0 Å².